The number of hydrogen-bond acceptors (Lipinski definition) is 6. The first-order chi connectivity index (χ1) is 11.6. The number of methoxy groups -OCH3 is 1. The van der Waals surface area contributed by atoms with Gasteiger partial charge in [0.05, 0.1) is 30.3 Å². The first-order valence-corrected chi connectivity index (χ1v) is 8.34. The number of benzene rings is 1. The molecule has 1 amide bonds. The number of carbonyl (C=O) groups excluding carboxylic acids is 1. The molecular formula is C16H17N3O4S. The van der Waals surface area contributed by atoms with Crippen molar-refractivity contribution in [3.05, 3.63) is 50.2 Å². The van der Waals surface area contributed by atoms with Crippen LogP contribution in [-0.4, -0.2) is 35.9 Å². The number of ether oxygens (including phenoxy) is 1. The summed E-state index contributed by atoms with van der Waals surface area (Å²) < 4.78 is 5.13. The lowest BCUT2D eigenvalue weighted by Gasteiger charge is -2.26. The van der Waals surface area contributed by atoms with Crippen LogP contribution in [0.2, 0.25) is 0 Å². The predicted molar refractivity (Wildman–Crippen MR) is 91.6 cm³/mol. The van der Waals surface area contributed by atoms with Gasteiger partial charge in [-0.1, -0.05) is 0 Å². The molecule has 0 atom stereocenters. The van der Waals surface area contributed by atoms with Gasteiger partial charge in [-0.25, -0.2) is 0 Å². The van der Waals surface area contributed by atoms with Crippen molar-refractivity contribution in [3.63, 3.8) is 0 Å². The minimum absolute atomic E-state index is 0.0779. The number of hydrogen-bond donors (Lipinski definition) is 1. The van der Waals surface area contributed by atoms with E-state index >= 15 is 0 Å². The highest BCUT2D eigenvalue weighted by molar-refractivity contribution is 7.10. The average molecular weight is 347 g/mol. The van der Waals surface area contributed by atoms with Gasteiger partial charge in [0.1, 0.15) is 5.75 Å². The van der Waals surface area contributed by atoms with E-state index in [4.69, 9.17) is 4.74 Å². The molecule has 3 rings (SSSR count). The molecule has 0 radical (unpaired) electrons. The molecule has 0 aliphatic carbocycles. The third kappa shape index (κ3) is 3.55. The fourth-order valence-electron chi connectivity index (χ4n) is 2.73. The number of non-ortho nitro benzene ring substituents is 1. The molecule has 1 N–H and O–H groups in total. The van der Waals surface area contributed by atoms with E-state index in [2.05, 4.69) is 21.7 Å². The van der Waals surface area contributed by atoms with Crippen molar-refractivity contribution in [1.82, 2.24) is 4.90 Å². The Balaban J connectivity index is 1.64. The van der Waals surface area contributed by atoms with Crippen LogP contribution < -0.4 is 10.1 Å². The molecular weight excluding hydrogens is 330 g/mol. The van der Waals surface area contributed by atoms with Crippen molar-refractivity contribution >= 4 is 28.6 Å². The quantitative estimate of drug-likeness (QED) is 0.664. The third-order valence-corrected chi connectivity index (χ3v) is 4.95. The first-order valence-electron chi connectivity index (χ1n) is 7.46. The van der Waals surface area contributed by atoms with E-state index in [9.17, 15) is 14.9 Å². The summed E-state index contributed by atoms with van der Waals surface area (Å²) in [7, 11) is 1.41. The normalized spacial score (nSPS) is 14.0. The second-order valence-corrected chi connectivity index (χ2v) is 6.52. The molecule has 1 aromatic carbocycles. The average Bonchev–Trinajstić information content (AvgIpc) is 3.02. The zero-order valence-corrected chi connectivity index (χ0v) is 14.0. The van der Waals surface area contributed by atoms with E-state index in [-0.39, 0.29) is 23.9 Å². The number of amides is 1. The lowest BCUT2D eigenvalue weighted by molar-refractivity contribution is -0.384. The molecule has 126 valence electrons. The van der Waals surface area contributed by atoms with Gasteiger partial charge in [-0.15, -0.1) is 11.3 Å². The SMILES string of the molecule is COc1cc([N+](=O)[O-])ccc1NC(=O)CN1CCc2sccc2C1. The summed E-state index contributed by atoms with van der Waals surface area (Å²) in [4.78, 5) is 26.1. The first kappa shape index (κ1) is 16.4. The highest BCUT2D eigenvalue weighted by Crippen LogP contribution is 2.29. The van der Waals surface area contributed by atoms with Crippen molar-refractivity contribution in [2.24, 2.45) is 0 Å². The Kier molecular flexibility index (Phi) is 4.77. The van der Waals surface area contributed by atoms with Crippen molar-refractivity contribution in [3.8, 4) is 5.75 Å². The van der Waals surface area contributed by atoms with Crippen molar-refractivity contribution < 1.29 is 14.5 Å². The molecule has 0 spiro atoms. The zero-order chi connectivity index (χ0) is 17.1. The number of rotatable bonds is 5. The van der Waals surface area contributed by atoms with Crippen molar-refractivity contribution in [2.75, 3.05) is 25.5 Å². The molecule has 2 aromatic rings. The van der Waals surface area contributed by atoms with E-state index in [0.717, 1.165) is 19.5 Å². The van der Waals surface area contributed by atoms with Crippen LogP contribution in [0, 0.1) is 10.1 Å². The summed E-state index contributed by atoms with van der Waals surface area (Å²) in [6.07, 6.45) is 0.959. The highest BCUT2D eigenvalue weighted by atomic mass is 32.1. The summed E-state index contributed by atoms with van der Waals surface area (Å²) in [5.41, 5.74) is 1.64. The van der Waals surface area contributed by atoms with E-state index in [1.54, 1.807) is 11.3 Å². The Morgan fingerprint density at radius 1 is 1.46 bits per heavy atom. The number of nitro benzene ring substituents is 1. The molecule has 1 aromatic heterocycles. The van der Waals surface area contributed by atoms with E-state index in [1.165, 1.54) is 35.7 Å². The minimum Gasteiger partial charge on any atom is -0.494 e. The minimum atomic E-state index is -0.500. The van der Waals surface area contributed by atoms with Gasteiger partial charge in [-0.05, 0) is 29.5 Å². The lowest BCUT2D eigenvalue weighted by atomic mass is 10.1. The molecule has 2 heterocycles. The van der Waals surface area contributed by atoms with Gasteiger partial charge in [-0.2, -0.15) is 0 Å². The number of carbonyl (C=O) groups is 1. The molecule has 0 fully saturated rings. The van der Waals surface area contributed by atoms with Gasteiger partial charge in [0, 0.05) is 24.0 Å². The summed E-state index contributed by atoms with van der Waals surface area (Å²) in [6, 6.07) is 6.23. The van der Waals surface area contributed by atoms with Crippen LogP contribution in [0.1, 0.15) is 10.4 Å². The second kappa shape index (κ2) is 6.98. The number of nitro groups is 1. The number of anilines is 1. The zero-order valence-electron chi connectivity index (χ0n) is 13.2. The van der Waals surface area contributed by atoms with Crippen LogP contribution in [0.15, 0.2) is 29.6 Å². The van der Waals surface area contributed by atoms with Gasteiger partial charge in [-0.3, -0.25) is 19.8 Å². The van der Waals surface area contributed by atoms with Crippen LogP contribution in [-0.2, 0) is 17.8 Å². The Morgan fingerprint density at radius 2 is 2.29 bits per heavy atom. The van der Waals surface area contributed by atoms with Gasteiger partial charge in [0.2, 0.25) is 5.91 Å². The largest absolute Gasteiger partial charge is 0.494 e. The summed E-state index contributed by atoms with van der Waals surface area (Å²) in [6.45, 7) is 1.89. The van der Waals surface area contributed by atoms with E-state index in [0.29, 0.717) is 5.69 Å². The van der Waals surface area contributed by atoms with Gasteiger partial charge >= 0.3 is 0 Å². The Hall–Kier alpha value is -2.45. The monoisotopic (exact) mass is 347 g/mol. The van der Waals surface area contributed by atoms with Crippen LogP contribution in [0.3, 0.4) is 0 Å². The fraction of sp³-hybridized carbons (Fsp3) is 0.312. The van der Waals surface area contributed by atoms with Gasteiger partial charge in [0.15, 0.2) is 0 Å². The molecule has 24 heavy (non-hydrogen) atoms. The van der Waals surface area contributed by atoms with E-state index in [1.807, 2.05) is 0 Å². The van der Waals surface area contributed by atoms with Gasteiger partial charge in [0.25, 0.3) is 5.69 Å². The summed E-state index contributed by atoms with van der Waals surface area (Å²) in [5.74, 6) is 0.108. The van der Waals surface area contributed by atoms with Crippen LogP contribution >= 0.6 is 11.3 Å². The maximum Gasteiger partial charge on any atom is 0.273 e. The Labute approximate surface area is 143 Å². The Morgan fingerprint density at radius 3 is 3.04 bits per heavy atom. The lowest BCUT2D eigenvalue weighted by Crippen LogP contribution is -2.36. The molecule has 0 unspecified atom stereocenters. The number of nitrogens with zero attached hydrogens (tertiary/aromatic N) is 2. The summed E-state index contributed by atoms with van der Waals surface area (Å²) >= 11 is 1.76. The maximum atomic E-state index is 12.3. The van der Waals surface area contributed by atoms with Crippen molar-refractivity contribution in [2.45, 2.75) is 13.0 Å². The molecule has 0 bridgehead atoms. The highest BCUT2D eigenvalue weighted by Gasteiger charge is 2.20. The topological polar surface area (TPSA) is 84.7 Å². The predicted octanol–water partition coefficient (Wildman–Crippen LogP) is 2.66. The molecule has 0 saturated carbocycles. The maximum absolute atomic E-state index is 12.3. The Bertz CT molecular complexity index is 774. The van der Waals surface area contributed by atoms with Crippen LogP contribution in [0.5, 0.6) is 5.75 Å². The smallest absolute Gasteiger partial charge is 0.273 e. The number of thiophene rings is 1. The second-order valence-electron chi connectivity index (χ2n) is 5.52. The number of fused-ring (bicyclic) bond motifs is 1. The van der Waals surface area contributed by atoms with Crippen LogP contribution in [0.4, 0.5) is 11.4 Å². The standard InChI is InChI=1S/C16H17N3O4S/c1-23-14-8-12(19(21)22)2-3-13(14)17-16(20)10-18-6-4-15-11(9-18)5-7-24-15/h2-3,5,7-8H,4,6,9-10H2,1H3,(H,17,20). The summed E-state index contributed by atoms with van der Waals surface area (Å²) in [5, 5.41) is 15.6. The fourth-order valence-corrected chi connectivity index (χ4v) is 3.62. The third-order valence-electron chi connectivity index (χ3n) is 3.92. The van der Waals surface area contributed by atoms with Gasteiger partial charge < -0.3 is 10.1 Å². The van der Waals surface area contributed by atoms with E-state index < -0.39 is 4.92 Å². The molecule has 1 aliphatic rings. The van der Waals surface area contributed by atoms with Crippen LogP contribution in [0.25, 0.3) is 0 Å². The molecule has 1 aliphatic heterocycles. The molecule has 7 nitrogen and oxygen atoms in total. The molecule has 0 saturated heterocycles. The number of nitrogens with one attached hydrogen (secondary N) is 1. The molecule has 8 heteroatoms. The van der Waals surface area contributed by atoms with Crippen molar-refractivity contribution in [1.29, 1.82) is 0 Å².